The average Bonchev–Trinajstić information content (AvgIpc) is 3.57. The Morgan fingerprint density at radius 1 is 0.673 bits per heavy atom. The standard InChI is InChI=1S/C34H23FNS.C15H18NSi.Ir/c1-20-5-3-6-22(15-20)17-24-18-32(36-19-31(24)35)30-8-4-7-27-29-14-13-26-25-11-9-21(2)16-23(25)10-12-28(26)33(29)37-34(27)30;1-12-10-14(13-8-6-5-7-9-13)16-11-15(12)17(2,3)4;/h3-7,9-16,18-19H,17H2,1-2H3;5-8,10-11H,1-4H3;/q2*-1;/i17D2;;. The number of hydrogen-bond acceptors (Lipinski definition) is 3. The van der Waals surface area contributed by atoms with E-state index >= 15 is 4.39 Å². The van der Waals surface area contributed by atoms with Crippen molar-refractivity contribution < 1.29 is 27.2 Å². The maximum absolute atomic E-state index is 15.1. The summed E-state index contributed by atoms with van der Waals surface area (Å²) in [5.41, 5.74) is 7.24. The van der Waals surface area contributed by atoms with Gasteiger partial charge in [0.1, 0.15) is 5.82 Å². The molecule has 6 heteroatoms. The molecule has 0 aliphatic heterocycles. The Bertz CT molecular complexity index is 2940. The number of halogens is 1. The number of thiophene rings is 1. The van der Waals surface area contributed by atoms with Crippen molar-refractivity contribution in [3.05, 3.63) is 173 Å². The first kappa shape index (κ1) is 35.8. The molecule has 0 N–H and O–H groups in total. The SMILES string of the molecule is Cc1cc(-c2[c-]cccc2)ncc1[Si](C)(C)C.[2H]C([2H])(c1cccc(C)c1)c1cc(-c2[c-]ccc3c2sc2c3ccc3c4ccc(C)cc4ccc32)ncc1F.[Ir]. The minimum Gasteiger partial charge on any atom is -0.305 e. The van der Waals surface area contributed by atoms with E-state index in [1.807, 2.05) is 37.3 Å². The van der Waals surface area contributed by atoms with Gasteiger partial charge in [0.05, 0.1) is 14.3 Å². The number of rotatable bonds is 5. The van der Waals surface area contributed by atoms with Crippen LogP contribution in [0.1, 0.15) is 30.6 Å². The van der Waals surface area contributed by atoms with Crippen LogP contribution in [0.25, 0.3) is 64.2 Å². The smallest absolute Gasteiger partial charge is 0.143 e. The molecule has 1 radical (unpaired) electrons. The number of hydrogen-bond donors (Lipinski definition) is 0. The molecule has 0 unspecified atom stereocenters. The van der Waals surface area contributed by atoms with Crippen molar-refractivity contribution in [1.82, 2.24) is 9.97 Å². The summed E-state index contributed by atoms with van der Waals surface area (Å²) in [4.78, 5) is 8.98. The first-order valence-electron chi connectivity index (χ1n) is 19.2. The minimum atomic E-state index is -2.02. The quantitative estimate of drug-likeness (QED) is 0.0976. The molecular formula is C49H41FIrN2SSi-2. The fraction of sp³-hybridized carbons (Fsp3) is 0.143. The zero-order chi connectivity index (χ0) is 39.4. The number of aryl methyl sites for hydroxylation is 3. The molecule has 9 rings (SSSR count). The van der Waals surface area contributed by atoms with Gasteiger partial charge >= 0.3 is 0 Å². The first-order chi connectivity index (χ1) is 26.8. The topological polar surface area (TPSA) is 25.8 Å². The third-order valence-corrected chi connectivity index (χ3v) is 13.3. The van der Waals surface area contributed by atoms with Crippen LogP contribution < -0.4 is 5.19 Å². The number of nitrogens with zero attached hydrogens (tertiary/aromatic N) is 2. The number of pyridine rings is 2. The summed E-state index contributed by atoms with van der Waals surface area (Å²) >= 11 is 1.68. The maximum Gasteiger partial charge on any atom is 0.143 e. The van der Waals surface area contributed by atoms with Gasteiger partial charge in [0, 0.05) is 33.7 Å². The number of benzene rings is 6. The van der Waals surface area contributed by atoms with Crippen LogP contribution in [0, 0.1) is 38.7 Å². The van der Waals surface area contributed by atoms with Gasteiger partial charge in [-0.15, -0.1) is 59.7 Å². The summed E-state index contributed by atoms with van der Waals surface area (Å²) in [5.74, 6) is -0.665. The van der Waals surface area contributed by atoms with E-state index in [2.05, 4.69) is 122 Å². The monoisotopic (exact) mass is 931 g/mol. The van der Waals surface area contributed by atoms with Gasteiger partial charge < -0.3 is 9.97 Å². The second-order valence-electron chi connectivity index (χ2n) is 15.0. The first-order valence-corrected chi connectivity index (χ1v) is 22.5. The van der Waals surface area contributed by atoms with E-state index in [0.29, 0.717) is 11.3 Å². The van der Waals surface area contributed by atoms with E-state index in [4.69, 9.17) is 2.74 Å². The molecule has 55 heavy (non-hydrogen) atoms. The van der Waals surface area contributed by atoms with Gasteiger partial charge in [-0.25, -0.2) is 4.39 Å². The van der Waals surface area contributed by atoms with E-state index < -0.39 is 20.3 Å². The second-order valence-corrected chi connectivity index (χ2v) is 21.0. The minimum absolute atomic E-state index is 0. The predicted molar refractivity (Wildman–Crippen MR) is 231 cm³/mol. The Morgan fingerprint density at radius 2 is 1.40 bits per heavy atom. The molecule has 0 aliphatic rings. The van der Waals surface area contributed by atoms with Gasteiger partial charge in [0.25, 0.3) is 0 Å². The van der Waals surface area contributed by atoms with Crippen molar-refractivity contribution in [1.29, 1.82) is 0 Å². The zero-order valence-corrected chi connectivity index (χ0v) is 35.8. The Morgan fingerprint density at radius 3 is 2.16 bits per heavy atom. The maximum atomic E-state index is 15.1. The Labute approximate surface area is 344 Å². The van der Waals surface area contributed by atoms with Gasteiger partial charge in [-0.3, -0.25) is 0 Å². The van der Waals surface area contributed by atoms with Crippen LogP contribution in [0.2, 0.25) is 19.6 Å². The molecule has 0 bridgehead atoms. The molecule has 0 saturated heterocycles. The van der Waals surface area contributed by atoms with Crippen LogP contribution in [0.5, 0.6) is 0 Å². The Kier molecular flexibility index (Phi) is 10.2. The largest absolute Gasteiger partial charge is 0.305 e. The summed E-state index contributed by atoms with van der Waals surface area (Å²) in [6.07, 6.45) is 1.16. The van der Waals surface area contributed by atoms with Crippen LogP contribution in [0.4, 0.5) is 4.39 Å². The van der Waals surface area contributed by atoms with E-state index in [0.717, 1.165) is 44.1 Å². The summed E-state index contributed by atoms with van der Waals surface area (Å²) in [5, 5.41) is 8.54. The van der Waals surface area contributed by atoms with E-state index in [1.165, 1.54) is 42.6 Å². The molecule has 0 atom stereocenters. The van der Waals surface area contributed by atoms with E-state index in [9.17, 15) is 0 Å². The molecule has 275 valence electrons. The van der Waals surface area contributed by atoms with E-state index in [-0.39, 0.29) is 25.7 Å². The fourth-order valence-corrected chi connectivity index (χ4v) is 10.3. The van der Waals surface area contributed by atoms with Crippen molar-refractivity contribution in [2.24, 2.45) is 0 Å². The van der Waals surface area contributed by atoms with Crippen LogP contribution in [0.3, 0.4) is 0 Å². The van der Waals surface area contributed by atoms with Crippen molar-refractivity contribution in [2.75, 3.05) is 0 Å². The molecule has 0 saturated carbocycles. The van der Waals surface area contributed by atoms with Crippen LogP contribution in [-0.2, 0) is 26.5 Å². The zero-order valence-electron chi connectivity index (χ0n) is 33.6. The summed E-state index contributed by atoms with van der Waals surface area (Å²) in [6, 6.07) is 44.6. The van der Waals surface area contributed by atoms with Crippen molar-refractivity contribution in [3.63, 3.8) is 0 Å². The third-order valence-electron chi connectivity index (χ3n) is 9.88. The molecule has 0 fully saturated rings. The molecule has 3 heterocycles. The molecule has 0 aliphatic carbocycles. The Hall–Kier alpha value is -4.84. The van der Waals surface area contributed by atoms with Crippen molar-refractivity contribution in [2.45, 2.75) is 46.8 Å². The van der Waals surface area contributed by atoms with Crippen molar-refractivity contribution >= 4 is 66.3 Å². The fourth-order valence-electron chi connectivity index (χ4n) is 7.25. The molecule has 0 amide bonds. The van der Waals surface area contributed by atoms with E-state index in [1.54, 1.807) is 35.6 Å². The average molecular weight is 931 g/mol. The molecule has 9 aromatic rings. The number of fused-ring (bicyclic) bond motifs is 7. The van der Waals surface area contributed by atoms with Crippen LogP contribution in [0.15, 0.2) is 128 Å². The van der Waals surface area contributed by atoms with Gasteiger partial charge in [-0.2, -0.15) is 11.3 Å². The van der Waals surface area contributed by atoms with Gasteiger partial charge in [0.15, 0.2) is 0 Å². The van der Waals surface area contributed by atoms with Gasteiger partial charge in [-0.1, -0.05) is 121 Å². The third kappa shape index (κ3) is 7.83. The molecule has 0 spiro atoms. The van der Waals surface area contributed by atoms with Crippen LogP contribution >= 0.6 is 11.3 Å². The predicted octanol–water partition coefficient (Wildman–Crippen LogP) is 13.0. The second kappa shape index (κ2) is 15.7. The Balaban J connectivity index is 0.000000232. The molecule has 2 nitrogen and oxygen atoms in total. The van der Waals surface area contributed by atoms with Gasteiger partial charge in [-0.05, 0) is 86.5 Å². The summed E-state index contributed by atoms with van der Waals surface area (Å²) in [6.45, 7) is 13.3. The normalized spacial score (nSPS) is 12.3. The summed E-state index contributed by atoms with van der Waals surface area (Å²) < 4.78 is 34.9. The van der Waals surface area contributed by atoms with Gasteiger partial charge in [0.2, 0.25) is 0 Å². The molecule has 6 aromatic carbocycles. The molecule has 3 aromatic heterocycles. The summed E-state index contributed by atoms with van der Waals surface area (Å²) in [7, 11) is -1.27. The number of aromatic nitrogens is 2. The van der Waals surface area contributed by atoms with Crippen LogP contribution in [-0.4, -0.2) is 18.0 Å². The molecular weight excluding hydrogens is 888 g/mol. The van der Waals surface area contributed by atoms with Crippen molar-refractivity contribution in [3.8, 4) is 22.5 Å².